The summed E-state index contributed by atoms with van der Waals surface area (Å²) in [5, 5.41) is 10.9. The quantitative estimate of drug-likeness (QED) is 0.658. The van der Waals surface area contributed by atoms with Crippen molar-refractivity contribution in [3.63, 3.8) is 0 Å². The summed E-state index contributed by atoms with van der Waals surface area (Å²) in [4.78, 5) is 11.0. The summed E-state index contributed by atoms with van der Waals surface area (Å²) in [6.45, 7) is 0.114. The monoisotopic (exact) mass is 361 g/mol. The van der Waals surface area contributed by atoms with Crippen molar-refractivity contribution >= 4 is 29.1 Å². The topological polar surface area (TPSA) is 63.0 Å². The first-order valence-corrected chi connectivity index (χ1v) is 8.29. The Bertz CT molecular complexity index is 856. The Balaban J connectivity index is 1.61. The summed E-state index contributed by atoms with van der Waals surface area (Å²) in [7, 11) is 0. The number of rotatable bonds is 5. The van der Waals surface area contributed by atoms with Crippen LogP contribution in [0.3, 0.4) is 0 Å². The maximum Gasteiger partial charge on any atom is 0.236 e. The minimum absolute atomic E-state index is 0.0911. The molecule has 0 saturated carbocycles. The Morgan fingerprint density at radius 2 is 2.08 bits per heavy atom. The van der Waals surface area contributed by atoms with E-state index in [1.807, 2.05) is 6.07 Å². The molecule has 128 valence electrons. The average molecular weight is 361 g/mol. The molecule has 5 nitrogen and oxygen atoms in total. The van der Waals surface area contributed by atoms with E-state index in [1.54, 1.807) is 18.2 Å². The van der Waals surface area contributed by atoms with Crippen LogP contribution in [-0.2, 0) is 11.4 Å². The molecule has 0 atom stereocenters. The molecule has 0 unspecified atom stereocenters. The number of hydrogen-bond donors (Lipinski definition) is 1. The fourth-order valence-corrected chi connectivity index (χ4v) is 2.64. The fraction of sp³-hybridized carbons (Fsp3) is 0.118. The first-order valence-electron chi connectivity index (χ1n) is 7.30. The summed E-state index contributed by atoms with van der Waals surface area (Å²) in [5.74, 6) is -0.976. The summed E-state index contributed by atoms with van der Waals surface area (Å²) >= 11 is 1.29. The zero-order valence-electron chi connectivity index (χ0n) is 12.9. The van der Waals surface area contributed by atoms with Crippen molar-refractivity contribution in [1.82, 2.24) is 5.32 Å². The molecule has 1 amide bonds. The highest BCUT2D eigenvalue weighted by Gasteiger charge is 2.15. The van der Waals surface area contributed by atoms with Gasteiger partial charge in [-0.15, -0.1) is 5.10 Å². The minimum atomic E-state index is -0.905. The van der Waals surface area contributed by atoms with Gasteiger partial charge in [-0.25, -0.2) is 8.78 Å². The molecule has 1 saturated heterocycles. The minimum Gasteiger partial charge on any atom is -0.489 e. The average Bonchev–Trinajstić information content (AvgIpc) is 3.02. The van der Waals surface area contributed by atoms with Gasteiger partial charge in [0.25, 0.3) is 0 Å². The lowest BCUT2D eigenvalue weighted by atomic mass is 10.2. The van der Waals surface area contributed by atoms with Crippen LogP contribution >= 0.6 is 11.8 Å². The number of halogens is 2. The predicted octanol–water partition coefficient (Wildman–Crippen LogP) is 3.10. The van der Waals surface area contributed by atoms with E-state index in [0.29, 0.717) is 22.2 Å². The van der Waals surface area contributed by atoms with E-state index in [1.165, 1.54) is 24.0 Å². The van der Waals surface area contributed by atoms with Gasteiger partial charge in [-0.05, 0) is 35.4 Å². The van der Waals surface area contributed by atoms with E-state index in [-0.39, 0.29) is 12.5 Å². The number of ether oxygens (including phenoxy) is 1. The second kappa shape index (κ2) is 7.89. The van der Waals surface area contributed by atoms with Gasteiger partial charge in [0.05, 0.1) is 12.0 Å². The normalized spacial score (nSPS) is 15.8. The van der Waals surface area contributed by atoms with Crippen LogP contribution in [0.15, 0.2) is 52.7 Å². The lowest BCUT2D eigenvalue weighted by Crippen LogP contribution is -2.19. The summed E-state index contributed by atoms with van der Waals surface area (Å²) in [6.07, 6.45) is 1.53. The summed E-state index contributed by atoms with van der Waals surface area (Å²) in [5.41, 5.74) is 1.28. The molecular formula is C17H13F2N3O2S. The molecule has 1 heterocycles. The number of benzene rings is 2. The summed E-state index contributed by atoms with van der Waals surface area (Å²) in [6, 6.07) is 10.7. The van der Waals surface area contributed by atoms with Crippen LogP contribution in [0.25, 0.3) is 0 Å². The van der Waals surface area contributed by atoms with Gasteiger partial charge in [-0.1, -0.05) is 30.0 Å². The molecule has 2 aromatic rings. The smallest absolute Gasteiger partial charge is 0.236 e. The van der Waals surface area contributed by atoms with Crippen LogP contribution in [0.1, 0.15) is 11.1 Å². The van der Waals surface area contributed by atoms with Crippen molar-refractivity contribution in [3.8, 4) is 5.75 Å². The fourth-order valence-electron chi connectivity index (χ4n) is 2.01. The van der Waals surface area contributed by atoms with Crippen LogP contribution in [0.2, 0.25) is 0 Å². The Hall–Kier alpha value is -2.74. The highest BCUT2D eigenvalue weighted by molar-refractivity contribution is 8.15. The number of carbonyl (C=O) groups excluding carboxylic acids is 1. The largest absolute Gasteiger partial charge is 0.489 e. The van der Waals surface area contributed by atoms with Gasteiger partial charge < -0.3 is 10.1 Å². The first kappa shape index (κ1) is 17.1. The summed E-state index contributed by atoms with van der Waals surface area (Å²) < 4.78 is 31.6. The zero-order valence-corrected chi connectivity index (χ0v) is 13.7. The molecule has 0 aliphatic carbocycles. The van der Waals surface area contributed by atoms with E-state index in [2.05, 4.69) is 15.5 Å². The van der Waals surface area contributed by atoms with Crippen LogP contribution < -0.4 is 10.1 Å². The molecule has 1 fully saturated rings. The van der Waals surface area contributed by atoms with E-state index in [4.69, 9.17) is 4.74 Å². The molecule has 0 spiro atoms. The molecule has 1 aliphatic heterocycles. The van der Waals surface area contributed by atoms with Gasteiger partial charge in [0.2, 0.25) is 5.91 Å². The maximum absolute atomic E-state index is 13.2. The SMILES string of the molecule is O=C1CSC(=NN=Cc2cccc(OCc3ccc(F)c(F)c3)c2)N1. The van der Waals surface area contributed by atoms with Gasteiger partial charge in [0.1, 0.15) is 12.4 Å². The van der Waals surface area contributed by atoms with Crippen LogP contribution in [-0.4, -0.2) is 23.0 Å². The number of nitrogens with one attached hydrogen (secondary N) is 1. The zero-order chi connectivity index (χ0) is 17.6. The second-order valence-corrected chi connectivity index (χ2v) is 6.06. The van der Waals surface area contributed by atoms with E-state index >= 15 is 0 Å². The molecule has 1 aliphatic rings. The highest BCUT2D eigenvalue weighted by atomic mass is 32.2. The molecule has 1 N–H and O–H groups in total. The third kappa shape index (κ3) is 4.87. The lowest BCUT2D eigenvalue weighted by Gasteiger charge is -2.07. The Kier molecular flexibility index (Phi) is 5.39. The molecular weight excluding hydrogens is 348 g/mol. The van der Waals surface area contributed by atoms with Gasteiger partial charge in [0, 0.05) is 0 Å². The Labute approximate surface area is 146 Å². The number of carbonyl (C=O) groups is 1. The molecule has 0 radical (unpaired) electrons. The Morgan fingerprint density at radius 3 is 2.84 bits per heavy atom. The van der Waals surface area contributed by atoms with Crippen LogP contribution in [0.4, 0.5) is 8.78 Å². The van der Waals surface area contributed by atoms with E-state index in [9.17, 15) is 13.6 Å². The van der Waals surface area contributed by atoms with Crippen LogP contribution in [0.5, 0.6) is 5.75 Å². The van der Waals surface area contributed by atoms with Crippen molar-refractivity contribution < 1.29 is 18.3 Å². The van der Waals surface area contributed by atoms with Gasteiger partial charge in [-0.3, -0.25) is 4.79 Å². The molecule has 25 heavy (non-hydrogen) atoms. The predicted molar refractivity (Wildman–Crippen MR) is 92.8 cm³/mol. The van der Waals surface area contributed by atoms with Crippen molar-refractivity contribution in [2.45, 2.75) is 6.61 Å². The molecule has 0 bridgehead atoms. The highest BCUT2D eigenvalue weighted by Crippen LogP contribution is 2.16. The van der Waals surface area contributed by atoms with E-state index in [0.717, 1.165) is 17.7 Å². The number of hydrogen-bond acceptors (Lipinski definition) is 5. The van der Waals surface area contributed by atoms with Crippen molar-refractivity contribution in [2.75, 3.05) is 5.75 Å². The molecule has 8 heteroatoms. The number of amidine groups is 1. The first-order chi connectivity index (χ1) is 12.1. The maximum atomic E-state index is 13.2. The Morgan fingerprint density at radius 1 is 1.20 bits per heavy atom. The van der Waals surface area contributed by atoms with E-state index < -0.39 is 11.6 Å². The third-order valence-corrected chi connectivity index (χ3v) is 4.05. The van der Waals surface area contributed by atoms with Crippen molar-refractivity contribution in [1.29, 1.82) is 0 Å². The van der Waals surface area contributed by atoms with Gasteiger partial charge in [-0.2, -0.15) is 5.10 Å². The second-order valence-electron chi connectivity index (χ2n) is 5.10. The van der Waals surface area contributed by atoms with Crippen molar-refractivity contribution in [3.05, 3.63) is 65.2 Å². The molecule has 2 aromatic carbocycles. The van der Waals surface area contributed by atoms with Gasteiger partial charge >= 0.3 is 0 Å². The standard InChI is InChI=1S/C17H13F2N3O2S/c18-14-5-4-12(7-15(14)19)9-24-13-3-1-2-11(6-13)8-20-22-17-21-16(23)10-25-17/h1-8H,9-10H2,(H,21,22,23). The number of thioether (sulfide) groups is 1. The molecule has 0 aromatic heterocycles. The van der Waals surface area contributed by atoms with Crippen LogP contribution in [0, 0.1) is 11.6 Å². The lowest BCUT2D eigenvalue weighted by molar-refractivity contribution is -0.116. The van der Waals surface area contributed by atoms with Gasteiger partial charge in [0.15, 0.2) is 16.8 Å². The number of amides is 1. The van der Waals surface area contributed by atoms with Crippen molar-refractivity contribution in [2.24, 2.45) is 10.2 Å². The number of nitrogens with zero attached hydrogens (tertiary/aromatic N) is 2. The third-order valence-electron chi connectivity index (χ3n) is 3.19. The molecule has 3 rings (SSSR count).